The number of hydrogen-bond donors (Lipinski definition) is 4. The predicted octanol–water partition coefficient (Wildman–Crippen LogP) is 3.37. The fourth-order valence-corrected chi connectivity index (χ4v) is 3.62. The number of aliphatic carboxylic acids is 1. The van der Waals surface area contributed by atoms with Crippen molar-refractivity contribution in [3.05, 3.63) is 57.6 Å². The van der Waals surface area contributed by atoms with E-state index in [9.17, 15) is 19.8 Å². The van der Waals surface area contributed by atoms with Gasteiger partial charge in [0, 0.05) is 27.7 Å². The maximum atomic E-state index is 12.4. The van der Waals surface area contributed by atoms with Crippen LogP contribution in [0.3, 0.4) is 0 Å². The van der Waals surface area contributed by atoms with E-state index in [4.69, 9.17) is 23.2 Å². The standard InChI is InChI=1S/C18H16Cl2N2O4/c19-10-6-12(20)17-13(7-10)21-15(18(25)26)8-14(17)22-16(24)5-9-1-3-11(23)4-2-9/h1-4,6-7,14-15,21,23H,5,8H2,(H,22,24)(H,25,26)/t14-,15+/m1/s1. The smallest absolute Gasteiger partial charge is 0.326 e. The fraction of sp³-hybridized carbons (Fsp3) is 0.222. The zero-order valence-electron chi connectivity index (χ0n) is 13.5. The Labute approximate surface area is 159 Å². The van der Waals surface area contributed by atoms with E-state index in [-0.39, 0.29) is 24.5 Å². The van der Waals surface area contributed by atoms with Gasteiger partial charge >= 0.3 is 5.97 Å². The van der Waals surface area contributed by atoms with Crippen LogP contribution in [0.25, 0.3) is 0 Å². The first-order valence-electron chi connectivity index (χ1n) is 7.89. The summed E-state index contributed by atoms with van der Waals surface area (Å²) in [6.07, 6.45) is 0.257. The van der Waals surface area contributed by atoms with Gasteiger partial charge in [0.25, 0.3) is 0 Å². The van der Waals surface area contributed by atoms with Crippen molar-refractivity contribution in [1.82, 2.24) is 5.32 Å². The first kappa shape index (κ1) is 18.4. The summed E-state index contributed by atoms with van der Waals surface area (Å²) in [5.74, 6) is -1.18. The highest BCUT2D eigenvalue weighted by Gasteiger charge is 2.33. The zero-order valence-corrected chi connectivity index (χ0v) is 15.0. The van der Waals surface area contributed by atoms with E-state index in [1.165, 1.54) is 12.1 Å². The van der Waals surface area contributed by atoms with E-state index in [1.54, 1.807) is 24.3 Å². The molecule has 136 valence electrons. The van der Waals surface area contributed by atoms with Gasteiger partial charge in [0.2, 0.25) is 5.91 Å². The van der Waals surface area contributed by atoms with Crippen LogP contribution in [0.4, 0.5) is 5.69 Å². The number of amides is 1. The molecular formula is C18H16Cl2N2O4. The Morgan fingerprint density at radius 2 is 1.88 bits per heavy atom. The molecule has 1 aliphatic rings. The number of halogens is 2. The van der Waals surface area contributed by atoms with Crippen LogP contribution in [0.1, 0.15) is 23.6 Å². The summed E-state index contributed by atoms with van der Waals surface area (Å²) in [4.78, 5) is 23.8. The van der Waals surface area contributed by atoms with E-state index in [0.717, 1.165) is 5.56 Å². The highest BCUT2D eigenvalue weighted by Crippen LogP contribution is 2.39. The lowest BCUT2D eigenvalue weighted by Gasteiger charge is -2.32. The van der Waals surface area contributed by atoms with E-state index in [0.29, 0.717) is 21.3 Å². The van der Waals surface area contributed by atoms with Crippen molar-refractivity contribution < 1.29 is 19.8 Å². The Morgan fingerprint density at radius 3 is 2.54 bits per heavy atom. The minimum atomic E-state index is -1.02. The van der Waals surface area contributed by atoms with Crippen LogP contribution in [0, 0.1) is 0 Å². The monoisotopic (exact) mass is 394 g/mol. The Morgan fingerprint density at radius 1 is 1.19 bits per heavy atom. The van der Waals surface area contributed by atoms with E-state index >= 15 is 0 Å². The summed E-state index contributed by atoms with van der Waals surface area (Å²) in [6.45, 7) is 0. The number of anilines is 1. The van der Waals surface area contributed by atoms with Gasteiger partial charge in [-0.1, -0.05) is 35.3 Å². The molecule has 0 aliphatic carbocycles. The maximum Gasteiger partial charge on any atom is 0.326 e. The number of phenols is 1. The normalized spacial score (nSPS) is 18.5. The van der Waals surface area contributed by atoms with Crippen molar-refractivity contribution in [3.8, 4) is 5.75 Å². The molecule has 0 radical (unpaired) electrons. The van der Waals surface area contributed by atoms with Crippen LogP contribution in [0.2, 0.25) is 10.0 Å². The largest absolute Gasteiger partial charge is 0.508 e. The molecule has 3 rings (SSSR count). The highest BCUT2D eigenvalue weighted by molar-refractivity contribution is 6.35. The number of nitrogens with one attached hydrogen (secondary N) is 2. The lowest BCUT2D eigenvalue weighted by Crippen LogP contribution is -2.41. The Hall–Kier alpha value is -2.44. The number of fused-ring (bicyclic) bond motifs is 1. The number of aromatic hydroxyl groups is 1. The second-order valence-corrected chi connectivity index (χ2v) is 6.93. The SMILES string of the molecule is O=C(Cc1ccc(O)cc1)N[C@@H]1C[C@@H](C(=O)O)Nc2cc(Cl)cc(Cl)c21. The lowest BCUT2D eigenvalue weighted by atomic mass is 9.92. The molecule has 0 aromatic heterocycles. The van der Waals surface area contributed by atoms with Gasteiger partial charge in [-0.3, -0.25) is 4.79 Å². The molecule has 6 nitrogen and oxygen atoms in total. The molecule has 0 fully saturated rings. The molecule has 8 heteroatoms. The molecule has 0 saturated carbocycles. The number of carbonyl (C=O) groups is 2. The van der Waals surface area contributed by atoms with E-state index in [2.05, 4.69) is 10.6 Å². The summed E-state index contributed by atoms with van der Waals surface area (Å²) in [5.41, 5.74) is 1.84. The summed E-state index contributed by atoms with van der Waals surface area (Å²) in [6, 6.07) is 8.04. The summed E-state index contributed by atoms with van der Waals surface area (Å²) >= 11 is 12.3. The average Bonchev–Trinajstić information content (AvgIpc) is 2.55. The van der Waals surface area contributed by atoms with Gasteiger partial charge in [0.05, 0.1) is 12.5 Å². The fourth-order valence-electron chi connectivity index (χ4n) is 3.00. The lowest BCUT2D eigenvalue weighted by molar-refractivity contribution is -0.138. The van der Waals surface area contributed by atoms with Crippen molar-refractivity contribution in [2.75, 3.05) is 5.32 Å². The zero-order chi connectivity index (χ0) is 18.8. The van der Waals surface area contributed by atoms with Crippen LogP contribution >= 0.6 is 23.2 Å². The molecule has 1 aliphatic heterocycles. The van der Waals surface area contributed by atoms with E-state index < -0.39 is 18.1 Å². The second-order valence-electron chi connectivity index (χ2n) is 6.08. The third-order valence-corrected chi connectivity index (χ3v) is 4.71. The quantitative estimate of drug-likeness (QED) is 0.637. The average molecular weight is 395 g/mol. The molecule has 1 heterocycles. The Kier molecular flexibility index (Phi) is 5.25. The molecule has 1 amide bonds. The molecule has 0 spiro atoms. The molecular weight excluding hydrogens is 379 g/mol. The third kappa shape index (κ3) is 4.03. The van der Waals surface area contributed by atoms with Crippen molar-refractivity contribution in [3.63, 3.8) is 0 Å². The summed E-state index contributed by atoms with van der Waals surface area (Å²) < 4.78 is 0. The minimum Gasteiger partial charge on any atom is -0.508 e. The predicted molar refractivity (Wildman–Crippen MR) is 98.8 cm³/mol. The second kappa shape index (κ2) is 7.43. The molecule has 0 saturated heterocycles. The first-order chi connectivity index (χ1) is 12.3. The van der Waals surface area contributed by atoms with E-state index in [1.807, 2.05) is 0 Å². The Bertz CT molecular complexity index is 855. The van der Waals surface area contributed by atoms with Crippen molar-refractivity contribution in [2.45, 2.75) is 24.9 Å². The van der Waals surface area contributed by atoms with Gasteiger partial charge in [-0.2, -0.15) is 0 Å². The molecule has 2 aromatic rings. The number of benzene rings is 2. The molecule has 0 unspecified atom stereocenters. The van der Waals surface area contributed by atoms with Gasteiger partial charge < -0.3 is 20.8 Å². The topological polar surface area (TPSA) is 98.7 Å². The van der Waals surface area contributed by atoms with Gasteiger partial charge in [-0.25, -0.2) is 4.79 Å². The number of carbonyl (C=O) groups excluding carboxylic acids is 1. The van der Waals surface area contributed by atoms with Gasteiger partial charge in [0.1, 0.15) is 11.8 Å². The Balaban J connectivity index is 1.83. The van der Waals surface area contributed by atoms with Crippen LogP contribution in [-0.4, -0.2) is 28.1 Å². The number of phenolic OH excluding ortho intramolecular Hbond substituents is 1. The summed E-state index contributed by atoms with van der Waals surface area (Å²) in [7, 11) is 0. The third-order valence-electron chi connectivity index (χ3n) is 4.18. The van der Waals surface area contributed by atoms with Crippen molar-refractivity contribution in [2.24, 2.45) is 0 Å². The highest BCUT2D eigenvalue weighted by atomic mass is 35.5. The minimum absolute atomic E-state index is 0.0997. The number of carboxylic acids is 1. The first-order valence-corrected chi connectivity index (χ1v) is 8.64. The molecule has 0 bridgehead atoms. The van der Waals surface area contributed by atoms with Gasteiger partial charge in [0.15, 0.2) is 0 Å². The molecule has 2 aromatic carbocycles. The van der Waals surface area contributed by atoms with Gasteiger partial charge in [-0.05, 0) is 29.8 Å². The number of rotatable bonds is 4. The van der Waals surface area contributed by atoms with Crippen LogP contribution in [-0.2, 0) is 16.0 Å². The maximum absolute atomic E-state index is 12.4. The van der Waals surface area contributed by atoms with Crippen molar-refractivity contribution >= 4 is 40.8 Å². The van der Waals surface area contributed by atoms with Gasteiger partial charge in [-0.15, -0.1) is 0 Å². The number of hydrogen-bond acceptors (Lipinski definition) is 4. The van der Waals surface area contributed by atoms with Crippen LogP contribution in [0.5, 0.6) is 5.75 Å². The van der Waals surface area contributed by atoms with Crippen LogP contribution < -0.4 is 10.6 Å². The number of carboxylic acid groups (broad SMARTS) is 1. The van der Waals surface area contributed by atoms with Crippen LogP contribution in [0.15, 0.2) is 36.4 Å². The summed E-state index contributed by atoms with van der Waals surface area (Å²) in [5, 5.41) is 25.1. The molecule has 4 N–H and O–H groups in total. The molecule has 2 atom stereocenters. The van der Waals surface area contributed by atoms with Crippen molar-refractivity contribution in [1.29, 1.82) is 0 Å². The molecule has 26 heavy (non-hydrogen) atoms.